The summed E-state index contributed by atoms with van der Waals surface area (Å²) in [5.41, 5.74) is 2.01. The van der Waals surface area contributed by atoms with Gasteiger partial charge >= 0.3 is 0 Å². The summed E-state index contributed by atoms with van der Waals surface area (Å²) < 4.78 is 0.963. The van der Waals surface area contributed by atoms with Gasteiger partial charge in [-0.25, -0.2) is 0 Å². The third-order valence-corrected chi connectivity index (χ3v) is 5.55. The van der Waals surface area contributed by atoms with Gasteiger partial charge in [-0.2, -0.15) is 0 Å². The predicted molar refractivity (Wildman–Crippen MR) is 122 cm³/mol. The number of amides is 3. The van der Waals surface area contributed by atoms with Crippen LogP contribution in [0.1, 0.15) is 25.6 Å². The van der Waals surface area contributed by atoms with E-state index in [1.807, 2.05) is 35.7 Å². The first kappa shape index (κ1) is 21.7. The van der Waals surface area contributed by atoms with E-state index >= 15 is 0 Å². The van der Waals surface area contributed by atoms with Crippen LogP contribution in [0, 0.1) is 0 Å². The molecule has 2 aromatic carbocycles. The number of hydrogen-bond acceptors (Lipinski definition) is 4. The van der Waals surface area contributed by atoms with Crippen molar-refractivity contribution < 1.29 is 14.4 Å². The van der Waals surface area contributed by atoms with E-state index in [2.05, 4.69) is 31.9 Å². The van der Waals surface area contributed by atoms with Crippen molar-refractivity contribution in [3.8, 4) is 0 Å². The van der Waals surface area contributed by atoms with Crippen LogP contribution in [0.15, 0.2) is 70.5 Å². The van der Waals surface area contributed by atoms with Crippen molar-refractivity contribution in [3.63, 3.8) is 0 Å². The molecule has 0 atom stereocenters. The van der Waals surface area contributed by atoms with Crippen LogP contribution in [0.4, 0.5) is 5.69 Å². The lowest BCUT2D eigenvalue weighted by Crippen LogP contribution is -2.34. The second kappa shape index (κ2) is 10.7. The van der Waals surface area contributed by atoms with Crippen molar-refractivity contribution in [1.29, 1.82) is 0 Å². The molecule has 0 saturated heterocycles. The summed E-state index contributed by atoms with van der Waals surface area (Å²) in [6.45, 7) is 0.661. The van der Waals surface area contributed by atoms with Gasteiger partial charge in [0.25, 0.3) is 11.8 Å². The van der Waals surface area contributed by atoms with Crippen molar-refractivity contribution in [2.75, 3.05) is 18.4 Å². The van der Waals surface area contributed by atoms with Gasteiger partial charge in [-0.15, -0.1) is 11.3 Å². The SMILES string of the molecule is O=C(Cc1ccc(Br)cc1)Nc1ccc(C(=O)NCCNC(=O)c2cccs2)cc1. The minimum atomic E-state index is -0.242. The van der Waals surface area contributed by atoms with Crippen LogP contribution in [-0.2, 0) is 11.2 Å². The highest BCUT2D eigenvalue weighted by atomic mass is 79.9. The van der Waals surface area contributed by atoms with Gasteiger partial charge in [-0.1, -0.05) is 34.1 Å². The Morgan fingerprint density at radius 1 is 0.833 bits per heavy atom. The molecule has 0 bridgehead atoms. The zero-order valence-corrected chi connectivity index (χ0v) is 18.4. The summed E-state index contributed by atoms with van der Waals surface area (Å²) in [4.78, 5) is 36.8. The molecule has 0 spiro atoms. The summed E-state index contributed by atoms with van der Waals surface area (Å²) in [5, 5.41) is 10.2. The number of carbonyl (C=O) groups excluding carboxylic acids is 3. The van der Waals surface area contributed by atoms with E-state index in [1.165, 1.54) is 11.3 Å². The normalized spacial score (nSPS) is 10.3. The largest absolute Gasteiger partial charge is 0.350 e. The first-order valence-corrected chi connectivity index (χ1v) is 10.9. The predicted octanol–water partition coefficient (Wildman–Crippen LogP) is 3.85. The van der Waals surface area contributed by atoms with Crippen LogP contribution in [0.3, 0.4) is 0 Å². The molecule has 6 nitrogen and oxygen atoms in total. The third kappa shape index (κ3) is 6.53. The van der Waals surface area contributed by atoms with Crippen LogP contribution in [-0.4, -0.2) is 30.8 Å². The Bertz CT molecular complexity index is 1000. The lowest BCUT2D eigenvalue weighted by molar-refractivity contribution is -0.115. The summed E-state index contributed by atoms with van der Waals surface area (Å²) in [6.07, 6.45) is 0.271. The van der Waals surface area contributed by atoms with E-state index in [1.54, 1.807) is 30.3 Å². The van der Waals surface area contributed by atoms with Gasteiger partial charge < -0.3 is 16.0 Å². The zero-order valence-electron chi connectivity index (χ0n) is 16.0. The lowest BCUT2D eigenvalue weighted by atomic mass is 10.1. The third-order valence-electron chi connectivity index (χ3n) is 4.15. The number of anilines is 1. The van der Waals surface area contributed by atoms with Crippen molar-refractivity contribution >= 4 is 50.7 Å². The molecule has 154 valence electrons. The number of halogens is 1. The number of hydrogen-bond donors (Lipinski definition) is 3. The first-order chi connectivity index (χ1) is 14.5. The summed E-state index contributed by atoms with van der Waals surface area (Å²) >= 11 is 4.73. The van der Waals surface area contributed by atoms with Gasteiger partial charge in [-0.05, 0) is 53.4 Å². The monoisotopic (exact) mass is 485 g/mol. The second-order valence-electron chi connectivity index (χ2n) is 6.42. The van der Waals surface area contributed by atoms with Crippen LogP contribution >= 0.6 is 27.3 Å². The van der Waals surface area contributed by atoms with E-state index in [0.717, 1.165) is 10.0 Å². The summed E-state index contributed by atoms with van der Waals surface area (Å²) in [6, 6.07) is 17.8. The van der Waals surface area contributed by atoms with Crippen LogP contribution in [0.5, 0.6) is 0 Å². The fourth-order valence-corrected chi connectivity index (χ4v) is 3.55. The molecule has 3 amide bonds. The Balaban J connectivity index is 1.41. The van der Waals surface area contributed by atoms with Crippen molar-refractivity contribution in [2.24, 2.45) is 0 Å². The van der Waals surface area contributed by atoms with Crippen LogP contribution in [0.25, 0.3) is 0 Å². The summed E-state index contributed by atoms with van der Waals surface area (Å²) in [5.74, 6) is -0.522. The average Bonchev–Trinajstić information content (AvgIpc) is 3.28. The highest BCUT2D eigenvalue weighted by Crippen LogP contribution is 2.13. The minimum Gasteiger partial charge on any atom is -0.350 e. The first-order valence-electron chi connectivity index (χ1n) is 9.25. The molecule has 30 heavy (non-hydrogen) atoms. The highest BCUT2D eigenvalue weighted by Gasteiger charge is 2.09. The number of benzene rings is 2. The Hall–Kier alpha value is -2.97. The molecule has 1 aromatic heterocycles. The number of rotatable bonds is 8. The molecule has 0 aliphatic rings. The standard InChI is InChI=1S/C22H20BrN3O3S/c23-17-7-3-15(4-8-17)14-20(27)26-18-9-5-16(6-10-18)21(28)24-11-12-25-22(29)19-2-1-13-30-19/h1-10,13H,11-12,14H2,(H,24,28)(H,25,29)(H,26,27). The zero-order chi connectivity index (χ0) is 21.3. The second-order valence-corrected chi connectivity index (χ2v) is 8.28. The maximum absolute atomic E-state index is 12.2. The molecule has 0 aliphatic heterocycles. The van der Waals surface area contributed by atoms with E-state index in [-0.39, 0.29) is 24.1 Å². The van der Waals surface area contributed by atoms with Gasteiger partial charge in [0.2, 0.25) is 5.91 Å². The molecule has 1 heterocycles. The molecule has 0 unspecified atom stereocenters. The molecule has 0 radical (unpaired) electrons. The van der Waals surface area contributed by atoms with Crippen LogP contribution in [0.2, 0.25) is 0 Å². The maximum atomic E-state index is 12.2. The van der Waals surface area contributed by atoms with E-state index in [4.69, 9.17) is 0 Å². The number of carbonyl (C=O) groups is 3. The maximum Gasteiger partial charge on any atom is 0.261 e. The van der Waals surface area contributed by atoms with Gasteiger partial charge in [0, 0.05) is 28.8 Å². The van der Waals surface area contributed by atoms with Crippen LogP contribution < -0.4 is 16.0 Å². The van der Waals surface area contributed by atoms with Gasteiger partial charge in [0.15, 0.2) is 0 Å². The average molecular weight is 486 g/mol. The Labute approximate surface area is 186 Å². The number of thiophene rings is 1. The molecule has 0 saturated carbocycles. The van der Waals surface area contributed by atoms with E-state index in [9.17, 15) is 14.4 Å². The quantitative estimate of drug-likeness (QED) is 0.423. The van der Waals surface area contributed by atoms with Gasteiger partial charge in [0.05, 0.1) is 11.3 Å². The molecule has 3 rings (SSSR count). The molecular formula is C22H20BrN3O3S. The van der Waals surface area contributed by atoms with Crippen molar-refractivity contribution in [1.82, 2.24) is 10.6 Å². The molecule has 8 heteroatoms. The van der Waals surface area contributed by atoms with Crippen molar-refractivity contribution in [2.45, 2.75) is 6.42 Å². The highest BCUT2D eigenvalue weighted by molar-refractivity contribution is 9.10. The van der Waals surface area contributed by atoms with E-state index in [0.29, 0.717) is 29.2 Å². The van der Waals surface area contributed by atoms with Gasteiger partial charge in [0.1, 0.15) is 0 Å². The molecule has 3 N–H and O–H groups in total. The van der Waals surface area contributed by atoms with Gasteiger partial charge in [-0.3, -0.25) is 14.4 Å². The summed E-state index contributed by atoms with van der Waals surface area (Å²) in [7, 11) is 0. The topological polar surface area (TPSA) is 87.3 Å². The smallest absolute Gasteiger partial charge is 0.261 e. The number of nitrogens with one attached hydrogen (secondary N) is 3. The molecular weight excluding hydrogens is 466 g/mol. The molecule has 3 aromatic rings. The lowest BCUT2D eigenvalue weighted by Gasteiger charge is -2.08. The Kier molecular flexibility index (Phi) is 7.75. The minimum absolute atomic E-state index is 0.129. The molecule has 0 aliphatic carbocycles. The fraction of sp³-hybridized carbons (Fsp3) is 0.136. The van der Waals surface area contributed by atoms with E-state index < -0.39 is 0 Å². The Morgan fingerprint density at radius 2 is 1.50 bits per heavy atom. The Morgan fingerprint density at radius 3 is 2.13 bits per heavy atom. The molecule has 0 fully saturated rings. The fourth-order valence-electron chi connectivity index (χ4n) is 2.65. The van der Waals surface area contributed by atoms with Crippen molar-refractivity contribution in [3.05, 3.63) is 86.5 Å².